The molecule has 110 valence electrons. The lowest BCUT2D eigenvalue weighted by Crippen LogP contribution is -2.63. The van der Waals surface area contributed by atoms with Gasteiger partial charge in [-0.05, 0) is 12.8 Å². The number of rotatable bonds is 6. The summed E-state index contributed by atoms with van der Waals surface area (Å²) in [4.78, 5) is 16.7. The van der Waals surface area contributed by atoms with E-state index in [1.54, 1.807) is 0 Å². The highest BCUT2D eigenvalue weighted by Crippen LogP contribution is 2.14. The minimum Gasteiger partial charge on any atom is -0.352 e. The average Bonchev–Trinajstić information content (AvgIpc) is 2.40. The first-order chi connectivity index (χ1) is 9.22. The molecule has 5 heteroatoms. The summed E-state index contributed by atoms with van der Waals surface area (Å²) in [6.45, 7) is 11.4. The Bertz CT molecular complexity index is 281. The quantitative estimate of drug-likeness (QED) is 0.705. The molecule has 2 saturated heterocycles. The number of piperazine rings is 1. The summed E-state index contributed by atoms with van der Waals surface area (Å²) < 4.78 is 0. The van der Waals surface area contributed by atoms with Crippen LogP contribution in [0.2, 0.25) is 0 Å². The zero-order valence-corrected chi connectivity index (χ0v) is 12.3. The number of hydrogen-bond acceptors (Lipinski definition) is 4. The monoisotopic (exact) mass is 268 g/mol. The van der Waals surface area contributed by atoms with Crippen LogP contribution in [0.15, 0.2) is 0 Å². The van der Waals surface area contributed by atoms with Crippen LogP contribution in [0.3, 0.4) is 0 Å². The van der Waals surface area contributed by atoms with Crippen molar-refractivity contribution in [3.8, 4) is 0 Å². The Balaban J connectivity index is 1.62. The summed E-state index contributed by atoms with van der Waals surface area (Å²) >= 11 is 0. The highest BCUT2D eigenvalue weighted by molar-refractivity contribution is 5.78. The Morgan fingerprint density at radius 1 is 1.26 bits per heavy atom. The molecule has 0 atom stereocenters. The van der Waals surface area contributed by atoms with Crippen molar-refractivity contribution >= 4 is 5.91 Å². The van der Waals surface area contributed by atoms with Gasteiger partial charge in [0.25, 0.3) is 0 Å². The molecule has 0 aromatic carbocycles. The van der Waals surface area contributed by atoms with Crippen LogP contribution in [0.1, 0.15) is 26.7 Å². The standard InChI is InChI=1S/C14H28N4O/c1-3-12(4-2)16-14(19)11-17-9-13(10-17)18-7-5-15-6-8-18/h12-13,15H,3-11H2,1-2H3,(H,16,19). The fourth-order valence-electron chi connectivity index (χ4n) is 2.92. The summed E-state index contributed by atoms with van der Waals surface area (Å²) in [6, 6.07) is 1.01. The Kier molecular flexibility index (Phi) is 5.60. The normalized spacial score (nSPS) is 22.5. The Hall–Kier alpha value is -0.650. The van der Waals surface area contributed by atoms with Crippen molar-refractivity contribution in [2.75, 3.05) is 45.8 Å². The van der Waals surface area contributed by atoms with E-state index in [1.165, 1.54) is 0 Å². The number of carbonyl (C=O) groups excluding carboxylic acids is 1. The fraction of sp³-hybridized carbons (Fsp3) is 0.929. The van der Waals surface area contributed by atoms with Crippen molar-refractivity contribution in [2.45, 2.75) is 38.8 Å². The molecule has 2 rings (SSSR count). The summed E-state index contributed by atoms with van der Waals surface area (Å²) in [5.41, 5.74) is 0. The molecule has 5 nitrogen and oxygen atoms in total. The van der Waals surface area contributed by atoms with Crippen LogP contribution in [-0.4, -0.2) is 73.6 Å². The molecular formula is C14H28N4O. The average molecular weight is 268 g/mol. The molecule has 0 bridgehead atoms. The summed E-state index contributed by atoms with van der Waals surface area (Å²) in [5, 5.41) is 6.48. The largest absolute Gasteiger partial charge is 0.352 e. The topological polar surface area (TPSA) is 47.6 Å². The minimum absolute atomic E-state index is 0.187. The van der Waals surface area contributed by atoms with E-state index in [1.807, 2.05) is 0 Å². The van der Waals surface area contributed by atoms with Crippen molar-refractivity contribution in [1.29, 1.82) is 0 Å². The van der Waals surface area contributed by atoms with Gasteiger partial charge in [0.15, 0.2) is 0 Å². The number of nitrogens with one attached hydrogen (secondary N) is 2. The molecule has 0 radical (unpaired) electrons. The van der Waals surface area contributed by atoms with Crippen LogP contribution in [0.25, 0.3) is 0 Å². The minimum atomic E-state index is 0.187. The fourth-order valence-corrected chi connectivity index (χ4v) is 2.92. The third-order valence-corrected chi connectivity index (χ3v) is 4.32. The molecular weight excluding hydrogens is 240 g/mol. The first-order valence-electron chi connectivity index (χ1n) is 7.69. The second kappa shape index (κ2) is 7.22. The molecule has 1 amide bonds. The van der Waals surface area contributed by atoms with Crippen molar-refractivity contribution in [3.63, 3.8) is 0 Å². The van der Waals surface area contributed by atoms with E-state index in [0.29, 0.717) is 18.6 Å². The van der Waals surface area contributed by atoms with Crippen molar-refractivity contribution < 1.29 is 4.79 Å². The predicted octanol–water partition coefficient (Wildman–Crippen LogP) is -0.119. The van der Waals surface area contributed by atoms with E-state index in [4.69, 9.17) is 0 Å². The van der Waals surface area contributed by atoms with Crippen LogP contribution < -0.4 is 10.6 Å². The third kappa shape index (κ3) is 4.16. The van der Waals surface area contributed by atoms with Gasteiger partial charge >= 0.3 is 0 Å². The smallest absolute Gasteiger partial charge is 0.234 e. The van der Waals surface area contributed by atoms with E-state index >= 15 is 0 Å². The van der Waals surface area contributed by atoms with Gasteiger partial charge in [-0.3, -0.25) is 14.6 Å². The number of likely N-dealkylation sites (tertiary alicyclic amines) is 1. The zero-order chi connectivity index (χ0) is 13.7. The summed E-state index contributed by atoms with van der Waals surface area (Å²) in [5.74, 6) is 0.187. The third-order valence-electron chi connectivity index (χ3n) is 4.32. The second-order valence-corrected chi connectivity index (χ2v) is 5.71. The summed E-state index contributed by atoms with van der Waals surface area (Å²) in [7, 11) is 0. The Labute approximate surface area is 116 Å². The van der Waals surface area contributed by atoms with Gasteiger partial charge in [-0.2, -0.15) is 0 Å². The molecule has 2 heterocycles. The van der Waals surface area contributed by atoms with Crippen LogP contribution in [0.5, 0.6) is 0 Å². The molecule has 19 heavy (non-hydrogen) atoms. The summed E-state index contributed by atoms with van der Waals surface area (Å²) in [6.07, 6.45) is 2.04. The van der Waals surface area contributed by atoms with Crippen molar-refractivity contribution in [2.24, 2.45) is 0 Å². The van der Waals surface area contributed by atoms with Gasteiger partial charge < -0.3 is 10.6 Å². The van der Waals surface area contributed by atoms with Gasteiger partial charge in [0.05, 0.1) is 6.54 Å². The lowest BCUT2D eigenvalue weighted by atomic mass is 10.1. The second-order valence-electron chi connectivity index (χ2n) is 5.71. The first kappa shape index (κ1) is 14.8. The van der Waals surface area contributed by atoms with Crippen LogP contribution in [-0.2, 0) is 4.79 Å². The molecule has 0 aromatic rings. The van der Waals surface area contributed by atoms with Crippen LogP contribution in [0, 0.1) is 0 Å². The lowest BCUT2D eigenvalue weighted by Gasteiger charge is -2.46. The molecule has 0 aromatic heterocycles. The number of carbonyl (C=O) groups is 1. The molecule has 0 unspecified atom stereocenters. The van der Waals surface area contributed by atoms with Crippen molar-refractivity contribution in [3.05, 3.63) is 0 Å². The molecule has 0 aliphatic carbocycles. The van der Waals surface area contributed by atoms with Crippen LogP contribution >= 0.6 is 0 Å². The highest BCUT2D eigenvalue weighted by atomic mass is 16.2. The van der Waals surface area contributed by atoms with Crippen LogP contribution in [0.4, 0.5) is 0 Å². The molecule has 0 spiro atoms. The predicted molar refractivity (Wildman–Crippen MR) is 77.2 cm³/mol. The maximum atomic E-state index is 11.9. The van der Waals surface area contributed by atoms with Gasteiger partial charge in [0, 0.05) is 51.4 Å². The van der Waals surface area contributed by atoms with E-state index in [-0.39, 0.29) is 5.91 Å². The molecule has 0 saturated carbocycles. The van der Waals surface area contributed by atoms with Crippen molar-refractivity contribution in [1.82, 2.24) is 20.4 Å². The number of nitrogens with zero attached hydrogens (tertiary/aromatic N) is 2. The zero-order valence-electron chi connectivity index (χ0n) is 12.3. The number of amides is 1. The maximum absolute atomic E-state index is 11.9. The molecule has 2 aliphatic rings. The Morgan fingerprint density at radius 2 is 1.89 bits per heavy atom. The van der Waals surface area contributed by atoms with Gasteiger partial charge in [-0.25, -0.2) is 0 Å². The lowest BCUT2D eigenvalue weighted by molar-refractivity contribution is -0.125. The number of hydrogen-bond donors (Lipinski definition) is 2. The van der Waals surface area contributed by atoms with Gasteiger partial charge in [-0.15, -0.1) is 0 Å². The van der Waals surface area contributed by atoms with Gasteiger partial charge in [-0.1, -0.05) is 13.8 Å². The van der Waals surface area contributed by atoms with Gasteiger partial charge in [0.1, 0.15) is 0 Å². The highest BCUT2D eigenvalue weighted by Gasteiger charge is 2.33. The van der Waals surface area contributed by atoms with E-state index in [0.717, 1.165) is 52.1 Å². The van der Waals surface area contributed by atoms with Gasteiger partial charge in [0.2, 0.25) is 5.91 Å². The van der Waals surface area contributed by atoms with E-state index in [9.17, 15) is 4.79 Å². The van der Waals surface area contributed by atoms with E-state index < -0.39 is 0 Å². The SMILES string of the molecule is CCC(CC)NC(=O)CN1CC(N2CCNCC2)C1. The first-order valence-corrected chi connectivity index (χ1v) is 7.69. The molecule has 2 aliphatic heterocycles. The Morgan fingerprint density at radius 3 is 2.47 bits per heavy atom. The van der Waals surface area contributed by atoms with E-state index in [2.05, 4.69) is 34.3 Å². The maximum Gasteiger partial charge on any atom is 0.234 e. The molecule has 2 fully saturated rings. The molecule has 2 N–H and O–H groups in total.